The normalized spacial score (nSPS) is 11.8. The van der Waals surface area contributed by atoms with Crippen molar-refractivity contribution in [3.63, 3.8) is 0 Å². The standard InChI is InChI=1S/C14H22N2O3/c1-4-19-12-6-5-11(7-13(12)18-3)14(17)16-9-10(2)8-15/h5-7,10H,4,8-9,15H2,1-3H3,(H,16,17). The fourth-order valence-electron chi connectivity index (χ4n) is 1.54. The lowest BCUT2D eigenvalue weighted by Crippen LogP contribution is -2.31. The lowest BCUT2D eigenvalue weighted by molar-refractivity contribution is 0.0948. The molecule has 0 aliphatic carbocycles. The van der Waals surface area contributed by atoms with Gasteiger partial charge in [-0.1, -0.05) is 6.92 Å². The number of ether oxygens (including phenoxy) is 2. The van der Waals surface area contributed by atoms with Crippen molar-refractivity contribution in [1.82, 2.24) is 5.32 Å². The first kappa shape index (κ1) is 15.3. The Balaban J connectivity index is 2.75. The van der Waals surface area contributed by atoms with Crippen LogP contribution in [-0.4, -0.2) is 32.7 Å². The third-order valence-corrected chi connectivity index (χ3v) is 2.74. The highest BCUT2D eigenvalue weighted by molar-refractivity contribution is 5.94. The molecule has 0 heterocycles. The van der Waals surface area contributed by atoms with E-state index in [1.807, 2.05) is 13.8 Å². The summed E-state index contributed by atoms with van der Waals surface area (Å²) in [7, 11) is 1.55. The zero-order valence-corrected chi connectivity index (χ0v) is 11.7. The molecule has 5 heteroatoms. The third-order valence-electron chi connectivity index (χ3n) is 2.74. The number of hydrogen-bond donors (Lipinski definition) is 2. The fraction of sp³-hybridized carbons (Fsp3) is 0.500. The highest BCUT2D eigenvalue weighted by atomic mass is 16.5. The first-order chi connectivity index (χ1) is 9.12. The second-order valence-corrected chi connectivity index (χ2v) is 4.35. The minimum absolute atomic E-state index is 0.137. The van der Waals surface area contributed by atoms with Gasteiger partial charge in [0.15, 0.2) is 11.5 Å². The van der Waals surface area contributed by atoms with Crippen molar-refractivity contribution in [1.29, 1.82) is 0 Å². The second-order valence-electron chi connectivity index (χ2n) is 4.35. The minimum atomic E-state index is -0.137. The number of nitrogens with two attached hydrogens (primary N) is 1. The smallest absolute Gasteiger partial charge is 0.251 e. The highest BCUT2D eigenvalue weighted by Crippen LogP contribution is 2.27. The van der Waals surface area contributed by atoms with Crippen LogP contribution in [0.25, 0.3) is 0 Å². The number of rotatable bonds is 7. The van der Waals surface area contributed by atoms with Crippen molar-refractivity contribution in [2.75, 3.05) is 26.8 Å². The molecule has 1 unspecified atom stereocenters. The Labute approximate surface area is 114 Å². The summed E-state index contributed by atoms with van der Waals surface area (Å²) in [5, 5.41) is 2.84. The summed E-state index contributed by atoms with van der Waals surface area (Å²) in [5.41, 5.74) is 6.05. The number of nitrogens with one attached hydrogen (secondary N) is 1. The summed E-state index contributed by atoms with van der Waals surface area (Å²) in [4.78, 5) is 12.0. The molecule has 0 fully saturated rings. The van der Waals surface area contributed by atoms with Gasteiger partial charge in [-0.25, -0.2) is 0 Å². The Morgan fingerprint density at radius 3 is 2.74 bits per heavy atom. The van der Waals surface area contributed by atoms with E-state index >= 15 is 0 Å². The van der Waals surface area contributed by atoms with Gasteiger partial charge in [-0.05, 0) is 37.6 Å². The molecule has 106 valence electrons. The fourth-order valence-corrected chi connectivity index (χ4v) is 1.54. The van der Waals surface area contributed by atoms with E-state index in [0.29, 0.717) is 36.8 Å². The van der Waals surface area contributed by atoms with Gasteiger partial charge in [-0.3, -0.25) is 4.79 Å². The van der Waals surface area contributed by atoms with Crippen LogP contribution in [0.1, 0.15) is 24.2 Å². The van der Waals surface area contributed by atoms with Gasteiger partial charge in [-0.2, -0.15) is 0 Å². The monoisotopic (exact) mass is 266 g/mol. The van der Waals surface area contributed by atoms with Crippen LogP contribution in [0.15, 0.2) is 18.2 Å². The Morgan fingerprint density at radius 2 is 2.16 bits per heavy atom. The third kappa shape index (κ3) is 4.44. The predicted octanol–water partition coefficient (Wildman–Crippen LogP) is 1.42. The molecule has 0 saturated heterocycles. The van der Waals surface area contributed by atoms with E-state index in [0.717, 1.165) is 0 Å². The second kappa shape index (κ2) is 7.63. The molecule has 1 aromatic rings. The van der Waals surface area contributed by atoms with Crippen molar-refractivity contribution in [2.45, 2.75) is 13.8 Å². The SMILES string of the molecule is CCOc1ccc(C(=O)NCC(C)CN)cc1OC. The maximum Gasteiger partial charge on any atom is 0.251 e. The summed E-state index contributed by atoms with van der Waals surface area (Å²) in [6, 6.07) is 5.13. The van der Waals surface area contributed by atoms with Crippen LogP contribution in [0.4, 0.5) is 0 Å². The lowest BCUT2D eigenvalue weighted by atomic mass is 10.1. The van der Waals surface area contributed by atoms with Crippen LogP contribution in [0.2, 0.25) is 0 Å². The molecule has 0 saturated carbocycles. The summed E-state index contributed by atoms with van der Waals surface area (Å²) in [6.45, 7) is 5.54. The maximum atomic E-state index is 12.0. The van der Waals surface area contributed by atoms with Gasteiger partial charge in [0.25, 0.3) is 5.91 Å². The molecule has 1 aromatic carbocycles. The average molecular weight is 266 g/mol. The number of methoxy groups -OCH3 is 1. The molecule has 5 nitrogen and oxygen atoms in total. The first-order valence-electron chi connectivity index (χ1n) is 6.41. The molecule has 1 atom stereocenters. The summed E-state index contributed by atoms with van der Waals surface area (Å²) < 4.78 is 10.6. The van der Waals surface area contributed by atoms with Crippen LogP contribution < -0.4 is 20.5 Å². The molecule has 0 radical (unpaired) electrons. The molecular formula is C14H22N2O3. The van der Waals surface area contributed by atoms with E-state index in [4.69, 9.17) is 15.2 Å². The molecule has 19 heavy (non-hydrogen) atoms. The maximum absolute atomic E-state index is 12.0. The number of hydrogen-bond acceptors (Lipinski definition) is 4. The molecule has 0 spiro atoms. The number of carbonyl (C=O) groups is 1. The van der Waals surface area contributed by atoms with E-state index in [-0.39, 0.29) is 11.8 Å². The lowest BCUT2D eigenvalue weighted by Gasteiger charge is -2.12. The molecule has 0 aromatic heterocycles. The van der Waals surface area contributed by atoms with E-state index in [1.54, 1.807) is 25.3 Å². The highest BCUT2D eigenvalue weighted by Gasteiger charge is 2.11. The Kier molecular flexibility index (Phi) is 6.15. The zero-order valence-electron chi connectivity index (χ0n) is 11.7. The van der Waals surface area contributed by atoms with Gasteiger partial charge >= 0.3 is 0 Å². The van der Waals surface area contributed by atoms with E-state index < -0.39 is 0 Å². The van der Waals surface area contributed by atoms with Crippen LogP contribution in [0.3, 0.4) is 0 Å². The van der Waals surface area contributed by atoms with Crippen LogP contribution in [-0.2, 0) is 0 Å². The number of benzene rings is 1. The van der Waals surface area contributed by atoms with Crippen molar-refractivity contribution in [3.05, 3.63) is 23.8 Å². The largest absolute Gasteiger partial charge is 0.493 e. The van der Waals surface area contributed by atoms with Crippen LogP contribution in [0.5, 0.6) is 11.5 Å². The Hall–Kier alpha value is -1.75. The summed E-state index contributed by atoms with van der Waals surface area (Å²) in [5.74, 6) is 1.31. The molecule has 0 bridgehead atoms. The van der Waals surface area contributed by atoms with Gasteiger partial charge in [0, 0.05) is 12.1 Å². The topological polar surface area (TPSA) is 73.6 Å². The van der Waals surface area contributed by atoms with E-state index in [2.05, 4.69) is 5.32 Å². The quantitative estimate of drug-likeness (QED) is 0.782. The minimum Gasteiger partial charge on any atom is -0.493 e. The Morgan fingerprint density at radius 1 is 1.42 bits per heavy atom. The molecule has 0 aliphatic rings. The Bertz CT molecular complexity index is 421. The van der Waals surface area contributed by atoms with Crippen molar-refractivity contribution >= 4 is 5.91 Å². The van der Waals surface area contributed by atoms with Gasteiger partial charge in [0.05, 0.1) is 13.7 Å². The number of amides is 1. The molecular weight excluding hydrogens is 244 g/mol. The van der Waals surface area contributed by atoms with Crippen molar-refractivity contribution in [3.8, 4) is 11.5 Å². The van der Waals surface area contributed by atoms with Crippen molar-refractivity contribution < 1.29 is 14.3 Å². The van der Waals surface area contributed by atoms with E-state index in [1.165, 1.54) is 0 Å². The molecule has 0 aliphatic heterocycles. The van der Waals surface area contributed by atoms with Crippen molar-refractivity contribution in [2.24, 2.45) is 11.7 Å². The molecule has 1 amide bonds. The van der Waals surface area contributed by atoms with Crippen LogP contribution >= 0.6 is 0 Å². The zero-order chi connectivity index (χ0) is 14.3. The summed E-state index contributed by atoms with van der Waals surface area (Å²) >= 11 is 0. The summed E-state index contributed by atoms with van der Waals surface area (Å²) in [6.07, 6.45) is 0. The predicted molar refractivity (Wildman–Crippen MR) is 74.7 cm³/mol. The average Bonchev–Trinajstić information content (AvgIpc) is 2.44. The van der Waals surface area contributed by atoms with Gasteiger partial charge in [-0.15, -0.1) is 0 Å². The van der Waals surface area contributed by atoms with E-state index in [9.17, 15) is 4.79 Å². The van der Waals surface area contributed by atoms with Gasteiger partial charge < -0.3 is 20.5 Å². The molecule has 1 rings (SSSR count). The van der Waals surface area contributed by atoms with Gasteiger partial charge in [0.1, 0.15) is 0 Å². The molecule has 3 N–H and O–H groups in total. The van der Waals surface area contributed by atoms with Gasteiger partial charge in [0.2, 0.25) is 0 Å². The first-order valence-corrected chi connectivity index (χ1v) is 6.41. The van der Waals surface area contributed by atoms with Crippen LogP contribution in [0, 0.1) is 5.92 Å². The number of carbonyl (C=O) groups excluding carboxylic acids is 1.